The van der Waals surface area contributed by atoms with E-state index in [1.807, 2.05) is 36.9 Å². The minimum absolute atomic E-state index is 0.0439. The molecular weight excluding hydrogens is 304 g/mol. The summed E-state index contributed by atoms with van der Waals surface area (Å²) in [4.78, 5) is 14.7. The van der Waals surface area contributed by atoms with Crippen LogP contribution in [0.1, 0.15) is 43.6 Å². The maximum atomic E-state index is 12.4. The van der Waals surface area contributed by atoms with Gasteiger partial charge in [-0.3, -0.25) is 14.4 Å². The molecule has 1 aliphatic heterocycles. The lowest BCUT2D eigenvalue weighted by atomic mass is 10.0. The normalized spacial score (nSPS) is 20.0. The number of hydrogen-bond donors (Lipinski definition) is 1. The van der Waals surface area contributed by atoms with E-state index in [-0.39, 0.29) is 11.9 Å². The number of carbonyl (C=O) groups excluding carboxylic acids is 1. The van der Waals surface area contributed by atoms with Crippen LogP contribution in [0, 0.1) is 6.92 Å². The van der Waals surface area contributed by atoms with E-state index in [1.165, 1.54) is 12.0 Å². The monoisotopic (exact) mass is 330 g/mol. The van der Waals surface area contributed by atoms with Gasteiger partial charge in [-0.1, -0.05) is 6.42 Å². The van der Waals surface area contributed by atoms with E-state index in [1.54, 1.807) is 6.26 Å². The molecule has 0 radical (unpaired) electrons. The average molecular weight is 330 g/mol. The van der Waals surface area contributed by atoms with Crippen molar-refractivity contribution < 1.29 is 9.21 Å². The summed E-state index contributed by atoms with van der Waals surface area (Å²) < 4.78 is 7.34. The summed E-state index contributed by atoms with van der Waals surface area (Å²) >= 11 is 0. The number of piperidine rings is 1. The molecule has 2 atom stereocenters. The van der Waals surface area contributed by atoms with Gasteiger partial charge in [-0.2, -0.15) is 5.10 Å². The summed E-state index contributed by atoms with van der Waals surface area (Å²) in [6.07, 6.45) is 9.04. The molecule has 24 heavy (non-hydrogen) atoms. The number of nitrogens with zero attached hydrogens (tertiary/aromatic N) is 3. The second kappa shape index (κ2) is 7.66. The van der Waals surface area contributed by atoms with E-state index in [2.05, 4.69) is 21.5 Å². The Bertz CT molecular complexity index is 650. The summed E-state index contributed by atoms with van der Waals surface area (Å²) in [7, 11) is 0. The standard InChI is InChI=1S/C18H26N4O2/c1-14-10-19-22(11-14)12-16-6-3-4-8-21(16)13-18(23)20-15(2)17-7-5-9-24-17/h5,7,9-11,15-16H,3-4,6,8,12-13H2,1-2H3,(H,20,23). The number of hydrogen-bond acceptors (Lipinski definition) is 4. The van der Waals surface area contributed by atoms with Crippen LogP contribution >= 0.6 is 0 Å². The van der Waals surface area contributed by atoms with Crippen LogP contribution in [0.4, 0.5) is 0 Å². The Kier molecular flexibility index (Phi) is 5.35. The van der Waals surface area contributed by atoms with Gasteiger partial charge in [0.15, 0.2) is 0 Å². The van der Waals surface area contributed by atoms with Crippen LogP contribution in [0.15, 0.2) is 35.2 Å². The van der Waals surface area contributed by atoms with Crippen molar-refractivity contribution in [2.45, 2.75) is 51.7 Å². The SMILES string of the molecule is Cc1cnn(CC2CCCCN2CC(=O)NC(C)c2ccco2)c1. The third-order valence-corrected chi connectivity index (χ3v) is 4.60. The molecule has 0 aromatic carbocycles. The largest absolute Gasteiger partial charge is 0.467 e. The first-order valence-electron chi connectivity index (χ1n) is 8.67. The average Bonchev–Trinajstić information content (AvgIpc) is 3.21. The molecule has 1 amide bonds. The van der Waals surface area contributed by atoms with Gasteiger partial charge < -0.3 is 9.73 Å². The molecule has 1 saturated heterocycles. The lowest BCUT2D eigenvalue weighted by molar-refractivity contribution is -0.124. The lowest BCUT2D eigenvalue weighted by Gasteiger charge is -2.35. The van der Waals surface area contributed by atoms with E-state index in [0.717, 1.165) is 31.7 Å². The first-order valence-corrected chi connectivity index (χ1v) is 8.67. The number of nitrogens with one attached hydrogen (secondary N) is 1. The van der Waals surface area contributed by atoms with Gasteiger partial charge in [-0.15, -0.1) is 0 Å². The summed E-state index contributed by atoms with van der Waals surface area (Å²) in [5, 5.41) is 7.40. The Labute approximate surface area is 142 Å². The number of furan rings is 1. The topological polar surface area (TPSA) is 63.3 Å². The predicted octanol–water partition coefficient (Wildman–Crippen LogP) is 2.52. The molecule has 130 valence electrons. The second-order valence-electron chi connectivity index (χ2n) is 6.66. The number of aryl methyl sites for hydroxylation is 1. The fourth-order valence-electron chi connectivity index (χ4n) is 3.34. The van der Waals surface area contributed by atoms with Crippen LogP contribution in [0.5, 0.6) is 0 Å². The highest BCUT2D eigenvalue weighted by Gasteiger charge is 2.25. The van der Waals surface area contributed by atoms with Crippen LogP contribution in [0.3, 0.4) is 0 Å². The maximum absolute atomic E-state index is 12.4. The highest BCUT2D eigenvalue weighted by Crippen LogP contribution is 2.19. The Balaban J connectivity index is 1.55. The van der Waals surface area contributed by atoms with Gasteiger partial charge in [0.2, 0.25) is 5.91 Å². The van der Waals surface area contributed by atoms with Crippen molar-refractivity contribution in [3.63, 3.8) is 0 Å². The van der Waals surface area contributed by atoms with Gasteiger partial charge >= 0.3 is 0 Å². The third kappa shape index (κ3) is 4.26. The molecule has 0 aliphatic carbocycles. The molecule has 2 unspecified atom stereocenters. The maximum Gasteiger partial charge on any atom is 0.234 e. The quantitative estimate of drug-likeness (QED) is 0.884. The highest BCUT2D eigenvalue weighted by molar-refractivity contribution is 5.78. The van der Waals surface area contributed by atoms with Gasteiger partial charge in [0.1, 0.15) is 5.76 Å². The molecule has 0 saturated carbocycles. The highest BCUT2D eigenvalue weighted by atomic mass is 16.3. The minimum atomic E-state index is -0.107. The van der Waals surface area contributed by atoms with E-state index in [0.29, 0.717) is 12.6 Å². The zero-order valence-electron chi connectivity index (χ0n) is 14.4. The molecule has 2 aromatic rings. The van der Waals surface area contributed by atoms with Crippen molar-refractivity contribution in [3.8, 4) is 0 Å². The number of rotatable bonds is 6. The summed E-state index contributed by atoms with van der Waals surface area (Å²) in [5.74, 6) is 0.827. The van der Waals surface area contributed by atoms with Gasteiger partial charge in [0.25, 0.3) is 0 Å². The molecule has 6 heteroatoms. The van der Waals surface area contributed by atoms with Crippen LogP contribution in [0.2, 0.25) is 0 Å². The van der Waals surface area contributed by atoms with E-state index >= 15 is 0 Å². The molecule has 1 fully saturated rings. The van der Waals surface area contributed by atoms with Gasteiger partial charge in [0, 0.05) is 12.2 Å². The molecule has 1 aliphatic rings. The number of carbonyl (C=O) groups is 1. The van der Waals surface area contributed by atoms with E-state index in [9.17, 15) is 4.79 Å². The Hall–Kier alpha value is -2.08. The van der Waals surface area contributed by atoms with Crippen molar-refractivity contribution >= 4 is 5.91 Å². The summed E-state index contributed by atoms with van der Waals surface area (Å²) in [6.45, 7) is 6.22. The number of amides is 1. The van der Waals surface area contributed by atoms with E-state index in [4.69, 9.17) is 4.42 Å². The van der Waals surface area contributed by atoms with Crippen LogP contribution in [-0.2, 0) is 11.3 Å². The Morgan fingerprint density at radius 1 is 1.50 bits per heavy atom. The second-order valence-corrected chi connectivity index (χ2v) is 6.66. The molecule has 2 aromatic heterocycles. The third-order valence-electron chi connectivity index (χ3n) is 4.60. The minimum Gasteiger partial charge on any atom is -0.467 e. The summed E-state index contributed by atoms with van der Waals surface area (Å²) in [5.41, 5.74) is 1.17. The first kappa shape index (κ1) is 16.8. The van der Waals surface area contributed by atoms with Crippen LogP contribution in [-0.4, -0.2) is 39.7 Å². The van der Waals surface area contributed by atoms with Gasteiger partial charge in [-0.05, 0) is 50.9 Å². The van der Waals surface area contributed by atoms with Crippen molar-refractivity contribution in [1.82, 2.24) is 20.0 Å². The van der Waals surface area contributed by atoms with Crippen molar-refractivity contribution in [2.75, 3.05) is 13.1 Å². The smallest absolute Gasteiger partial charge is 0.234 e. The molecule has 0 bridgehead atoms. The summed E-state index contributed by atoms with van der Waals surface area (Å²) in [6, 6.07) is 3.98. The fourth-order valence-corrected chi connectivity index (χ4v) is 3.34. The van der Waals surface area contributed by atoms with Gasteiger partial charge in [-0.25, -0.2) is 0 Å². The predicted molar refractivity (Wildman–Crippen MR) is 91.4 cm³/mol. The van der Waals surface area contributed by atoms with Crippen molar-refractivity contribution in [1.29, 1.82) is 0 Å². The Morgan fingerprint density at radius 3 is 3.08 bits per heavy atom. The molecule has 3 rings (SSSR count). The first-order chi connectivity index (χ1) is 11.6. The van der Waals surface area contributed by atoms with Crippen LogP contribution < -0.4 is 5.32 Å². The van der Waals surface area contributed by atoms with E-state index < -0.39 is 0 Å². The fraction of sp³-hybridized carbons (Fsp3) is 0.556. The number of aromatic nitrogens is 2. The Morgan fingerprint density at radius 2 is 2.38 bits per heavy atom. The number of likely N-dealkylation sites (tertiary alicyclic amines) is 1. The van der Waals surface area contributed by atoms with Crippen LogP contribution in [0.25, 0.3) is 0 Å². The zero-order chi connectivity index (χ0) is 16.9. The van der Waals surface area contributed by atoms with Crippen molar-refractivity contribution in [2.24, 2.45) is 0 Å². The molecule has 3 heterocycles. The molecular formula is C18H26N4O2. The lowest BCUT2D eigenvalue weighted by Crippen LogP contribution is -2.47. The molecule has 1 N–H and O–H groups in total. The zero-order valence-corrected chi connectivity index (χ0v) is 14.4. The van der Waals surface area contributed by atoms with Crippen molar-refractivity contribution in [3.05, 3.63) is 42.1 Å². The van der Waals surface area contributed by atoms with Gasteiger partial charge in [0.05, 0.1) is 31.6 Å². The molecule has 0 spiro atoms. The molecule has 6 nitrogen and oxygen atoms in total.